The summed E-state index contributed by atoms with van der Waals surface area (Å²) in [7, 11) is 0. The molecule has 1 fully saturated rings. The van der Waals surface area contributed by atoms with Crippen molar-refractivity contribution in [1.82, 2.24) is 15.1 Å². The van der Waals surface area contributed by atoms with Gasteiger partial charge in [0.2, 0.25) is 0 Å². The Labute approximate surface area is 140 Å². The number of halogens is 2. The van der Waals surface area contributed by atoms with E-state index in [1.807, 2.05) is 6.20 Å². The molecule has 2 heterocycles. The average molecular weight is 340 g/mol. The molecular formula is C16H19Cl2N3O. The molecule has 1 aliphatic heterocycles. The number of likely N-dealkylation sites (tertiary alicyclic amines) is 1. The third kappa shape index (κ3) is 3.94. The zero-order valence-corrected chi connectivity index (χ0v) is 13.8. The Morgan fingerprint density at radius 2 is 2.23 bits per heavy atom. The predicted octanol–water partition coefficient (Wildman–Crippen LogP) is 3.97. The van der Waals surface area contributed by atoms with Gasteiger partial charge in [0.25, 0.3) is 0 Å². The molecule has 3 rings (SSSR count). The van der Waals surface area contributed by atoms with Crippen LogP contribution in [0.25, 0.3) is 0 Å². The highest BCUT2D eigenvalue weighted by Crippen LogP contribution is 2.28. The Morgan fingerprint density at radius 1 is 1.32 bits per heavy atom. The number of nitrogens with one attached hydrogen (secondary N) is 1. The van der Waals surface area contributed by atoms with Gasteiger partial charge >= 0.3 is 0 Å². The van der Waals surface area contributed by atoms with Gasteiger partial charge in [0.05, 0.1) is 5.02 Å². The first-order chi connectivity index (χ1) is 10.7. The van der Waals surface area contributed by atoms with E-state index >= 15 is 0 Å². The minimum atomic E-state index is 0.533. The topological polar surface area (TPSA) is 41.1 Å². The molecule has 0 aliphatic carbocycles. The number of H-pyrrole nitrogens is 1. The Morgan fingerprint density at radius 3 is 3.05 bits per heavy atom. The monoisotopic (exact) mass is 339 g/mol. The van der Waals surface area contributed by atoms with Crippen LogP contribution in [-0.2, 0) is 0 Å². The van der Waals surface area contributed by atoms with Crippen LogP contribution in [0.15, 0.2) is 30.5 Å². The van der Waals surface area contributed by atoms with Crippen molar-refractivity contribution in [3.63, 3.8) is 0 Å². The highest BCUT2D eigenvalue weighted by atomic mass is 35.5. The molecule has 4 nitrogen and oxygen atoms in total. The van der Waals surface area contributed by atoms with Crippen molar-refractivity contribution in [2.45, 2.75) is 18.8 Å². The number of nitrogens with zero attached hydrogens (tertiary/aromatic N) is 2. The van der Waals surface area contributed by atoms with Crippen molar-refractivity contribution in [1.29, 1.82) is 0 Å². The quantitative estimate of drug-likeness (QED) is 0.895. The molecule has 1 aromatic carbocycles. The lowest BCUT2D eigenvalue weighted by atomic mass is 9.95. The molecule has 1 N–H and O–H groups in total. The third-order valence-electron chi connectivity index (χ3n) is 4.03. The molecule has 0 amide bonds. The normalized spacial score (nSPS) is 19.3. The molecule has 0 bridgehead atoms. The average Bonchev–Trinajstić information content (AvgIpc) is 3.05. The van der Waals surface area contributed by atoms with E-state index in [1.165, 1.54) is 18.5 Å². The van der Waals surface area contributed by atoms with Gasteiger partial charge in [-0.1, -0.05) is 23.2 Å². The minimum Gasteiger partial charge on any atom is -0.491 e. The van der Waals surface area contributed by atoms with Gasteiger partial charge in [0, 0.05) is 42.0 Å². The Balaban J connectivity index is 1.50. The SMILES string of the molecule is Clc1ccc(Cl)c(OCCN2CCCC(c3ccn[nH]3)C2)c1. The standard InChI is InChI=1S/C16H19Cl2N3O/c17-13-3-4-14(18)16(10-13)22-9-8-21-7-1-2-12(11-21)15-5-6-19-20-15/h3-6,10,12H,1-2,7-9,11H2,(H,19,20). The molecule has 1 aliphatic rings. The third-order valence-corrected chi connectivity index (χ3v) is 4.57. The number of aromatic nitrogens is 2. The van der Waals surface area contributed by atoms with Crippen LogP contribution in [0.3, 0.4) is 0 Å². The van der Waals surface area contributed by atoms with Crippen molar-refractivity contribution in [3.8, 4) is 5.75 Å². The number of hydrogen-bond acceptors (Lipinski definition) is 3. The van der Waals surface area contributed by atoms with Gasteiger partial charge in [-0.05, 0) is 37.6 Å². The molecule has 0 spiro atoms. The molecule has 22 heavy (non-hydrogen) atoms. The maximum atomic E-state index is 6.10. The Bertz CT molecular complexity index is 603. The first-order valence-corrected chi connectivity index (χ1v) is 8.27. The summed E-state index contributed by atoms with van der Waals surface area (Å²) in [4.78, 5) is 2.42. The molecule has 6 heteroatoms. The lowest BCUT2D eigenvalue weighted by Gasteiger charge is -2.32. The predicted molar refractivity (Wildman–Crippen MR) is 89.0 cm³/mol. The van der Waals surface area contributed by atoms with Crippen molar-refractivity contribution >= 4 is 23.2 Å². The lowest BCUT2D eigenvalue weighted by molar-refractivity contribution is 0.169. The molecule has 0 radical (unpaired) electrons. The molecule has 118 valence electrons. The first kappa shape index (κ1) is 15.7. The zero-order chi connectivity index (χ0) is 15.4. The van der Waals surface area contributed by atoms with Crippen LogP contribution in [0, 0.1) is 0 Å². The second kappa shape index (κ2) is 7.36. The van der Waals surface area contributed by atoms with Crippen molar-refractivity contribution in [2.24, 2.45) is 0 Å². The molecule has 1 unspecified atom stereocenters. The van der Waals surface area contributed by atoms with Crippen molar-refractivity contribution < 1.29 is 4.74 Å². The fourth-order valence-corrected chi connectivity index (χ4v) is 3.21. The molecule has 2 aromatic rings. The summed E-state index contributed by atoms with van der Waals surface area (Å²) in [5.41, 5.74) is 1.23. The number of hydrogen-bond donors (Lipinski definition) is 1. The van der Waals surface area contributed by atoms with Crippen LogP contribution in [0.4, 0.5) is 0 Å². The summed E-state index contributed by atoms with van der Waals surface area (Å²) < 4.78 is 5.77. The van der Waals surface area contributed by atoms with E-state index in [4.69, 9.17) is 27.9 Å². The fourth-order valence-electron chi connectivity index (χ4n) is 2.88. The van der Waals surface area contributed by atoms with E-state index in [0.29, 0.717) is 28.3 Å². The molecule has 1 atom stereocenters. The van der Waals surface area contributed by atoms with Gasteiger partial charge in [-0.15, -0.1) is 0 Å². The fraction of sp³-hybridized carbons (Fsp3) is 0.438. The number of benzene rings is 1. The maximum Gasteiger partial charge on any atom is 0.139 e. The van der Waals surface area contributed by atoms with Crippen LogP contribution in [0.1, 0.15) is 24.5 Å². The number of piperidine rings is 1. The van der Waals surface area contributed by atoms with Crippen LogP contribution in [0.5, 0.6) is 5.75 Å². The van der Waals surface area contributed by atoms with Gasteiger partial charge in [-0.2, -0.15) is 5.10 Å². The second-order valence-electron chi connectivity index (χ2n) is 5.57. The van der Waals surface area contributed by atoms with Gasteiger partial charge in [0.1, 0.15) is 12.4 Å². The van der Waals surface area contributed by atoms with Gasteiger partial charge in [0.15, 0.2) is 0 Å². The number of ether oxygens (including phenoxy) is 1. The van der Waals surface area contributed by atoms with Crippen molar-refractivity contribution in [2.75, 3.05) is 26.2 Å². The molecule has 1 saturated heterocycles. The minimum absolute atomic E-state index is 0.533. The van der Waals surface area contributed by atoms with E-state index in [9.17, 15) is 0 Å². The van der Waals surface area contributed by atoms with Crippen LogP contribution >= 0.6 is 23.2 Å². The van der Waals surface area contributed by atoms with Crippen LogP contribution < -0.4 is 4.74 Å². The maximum absolute atomic E-state index is 6.10. The van der Waals surface area contributed by atoms with Crippen molar-refractivity contribution in [3.05, 3.63) is 46.2 Å². The van der Waals surface area contributed by atoms with Gasteiger partial charge in [-0.3, -0.25) is 10.00 Å². The summed E-state index contributed by atoms with van der Waals surface area (Å²) >= 11 is 12.1. The van der Waals surface area contributed by atoms with Crippen LogP contribution in [-0.4, -0.2) is 41.3 Å². The smallest absolute Gasteiger partial charge is 0.139 e. The highest BCUT2D eigenvalue weighted by molar-refractivity contribution is 6.34. The summed E-state index contributed by atoms with van der Waals surface area (Å²) in [5, 5.41) is 8.36. The lowest BCUT2D eigenvalue weighted by Crippen LogP contribution is -2.37. The number of rotatable bonds is 5. The van der Waals surface area contributed by atoms with Gasteiger partial charge in [-0.25, -0.2) is 0 Å². The Kier molecular flexibility index (Phi) is 5.24. The van der Waals surface area contributed by atoms with E-state index in [2.05, 4.69) is 21.2 Å². The number of aromatic amines is 1. The zero-order valence-electron chi connectivity index (χ0n) is 12.3. The second-order valence-corrected chi connectivity index (χ2v) is 6.42. The molecule has 1 aromatic heterocycles. The summed E-state index contributed by atoms with van der Waals surface area (Å²) in [6.07, 6.45) is 4.22. The van der Waals surface area contributed by atoms with Crippen LogP contribution in [0.2, 0.25) is 10.0 Å². The summed E-state index contributed by atoms with van der Waals surface area (Å²) in [6, 6.07) is 7.34. The first-order valence-electron chi connectivity index (χ1n) is 7.52. The van der Waals surface area contributed by atoms with E-state index < -0.39 is 0 Å². The Hall–Kier alpha value is -1.23. The molecule has 0 saturated carbocycles. The highest BCUT2D eigenvalue weighted by Gasteiger charge is 2.22. The summed E-state index contributed by atoms with van der Waals surface area (Å²) in [6.45, 7) is 3.63. The van der Waals surface area contributed by atoms with Gasteiger partial charge < -0.3 is 4.74 Å². The largest absolute Gasteiger partial charge is 0.491 e. The molecular weight excluding hydrogens is 321 g/mol. The van der Waals surface area contributed by atoms with E-state index in [-0.39, 0.29) is 0 Å². The summed E-state index contributed by atoms with van der Waals surface area (Å²) in [5.74, 6) is 1.18. The van der Waals surface area contributed by atoms with E-state index in [0.717, 1.165) is 19.6 Å². The van der Waals surface area contributed by atoms with E-state index in [1.54, 1.807) is 18.2 Å².